The van der Waals surface area contributed by atoms with Gasteiger partial charge in [-0.25, -0.2) is 0 Å². The first-order valence-electron chi connectivity index (χ1n) is 4.65. The van der Waals surface area contributed by atoms with Crippen LogP contribution in [0.2, 0.25) is 0 Å². The lowest BCUT2D eigenvalue weighted by molar-refractivity contribution is -0.124. The van der Waals surface area contributed by atoms with Crippen molar-refractivity contribution in [2.75, 3.05) is 19.6 Å². The van der Waals surface area contributed by atoms with Crippen LogP contribution in [0.25, 0.3) is 0 Å². The standard InChI is InChI=1S/C9H13N3O2/c1-7-4-8(11-14-7)5-12-3-2-10-9(13)6-12/h4H,2-3,5-6H2,1H3,(H,10,13). The highest BCUT2D eigenvalue weighted by Gasteiger charge is 2.17. The zero-order chi connectivity index (χ0) is 9.97. The molecule has 1 aliphatic rings. The van der Waals surface area contributed by atoms with Gasteiger partial charge in [-0.2, -0.15) is 0 Å². The zero-order valence-corrected chi connectivity index (χ0v) is 8.12. The number of aryl methyl sites for hydroxylation is 1. The van der Waals surface area contributed by atoms with Crippen molar-refractivity contribution >= 4 is 5.91 Å². The Kier molecular flexibility index (Phi) is 2.49. The Balaban J connectivity index is 1.93. The minimum Gasteiger partial charge on any atom is -0.361 e. The second-order valence-corrected chi connectivity index (χ2v) is 3.49. The number of rotatable bonds is 2. The number of hydrogen-bond donors (Lipinski definition) is 1. The molecule has 1 saturated heterocycles. The van der Waals surface area contributed by atoms with E-state index in [0.717, 1.165) is 24.5 Å². The van der Waals surface area contributed by atoms with Crippen LogP contribution >= 0.6 is 0 Å². The van der Waals surface area contributed by atoms with E-state index in [1.807, 2.05) is 13.0 Å². The lowest BCUT2D eigenvalue weighted by Crippen LogP contribution is -2.47. The van der Waals surface area contributed by atoms with Crippen LogP contribution in [-0.4, -0.2) is 35.6 Å². The Morgan fingerprint density at radius 3 is 3.21 bits per heavy atom. The first-order chi connectivity index (χ1) is 6.74. The molecule has 0 saturated carbocycles. The third-order valence-corrected chi connectivity index (χ3v) is 2.18. The average molecular weight is 195 g/mol. The Bertz CT molecular complexity index is 335. The van der Waals surface area contributed by atoms with Gasteiger partial charge in [0.1, 0.15) is 5.76 Å². The highest BCUT2D eigenvalue weighted by Crippen LogP contribution is 2.06. The summed E-state index contributed by atoms with van der Waals surface area (Å²) < 4.78 is 4.96. The molecule has 2 heterocycles. The van der Waals surface area contributed by atoms with Crippen molar-refractivity contribution in [2.45, 2.75) is 13.5 Å². The number of carbonyl (C=O) groups is 1. The molecule has 1 aromatic rings. The van der Waals surface area contributed by atoms with E-state index in [1.165, 1.54) is 0 Å². The van der Waals surface area contributed by atoms with Gasteiger partial charge >= 0.3 is 0 Å². The Labute approximate surface area is 82.1 Å². The molecule has 0 aromatic carbocycles. The molecule has 0 bridgehead atoms. The van der Waals surface area contributed by atoms with Crippen LogP contribution in [0.1, 0.15) is 11.5 Å². The van der Waals surface area contributed by atoms with Crippen LogP contribution < -0.4 is 5.32 Å². The predicted octanol–water partition coefficient (Wildman–Crippen LogP) is -0.0852. The molecule has 0 atom stereocenters. The molecular weight excluding hydrogens is 182 g/mol. The summed E-state index contributed by atoms with van der Waals surface area (Å²) in [6.45, 7) is 4.59. The number of nitrogens with one attached hydrogen (secondary N) is 1. The Morgan fingerprint density at radius 2 is 2.57 bits per heavy atom. The molecule has 5 heteroatoms. The fourth-order valence-corrected chi connectivity index (χ4v) is 1.55. The topological polar surface area (TPSA) is 58.4 Å². The molecular formula is C9H13N3O2. The summed E-state index contributed by atoms with van der Waals surface area (Å²) in [7, 11) is 0. The average Bonchev–Trinajstić information content (AvgIpc) is 2.51. The summed E-state index contributed by atoms with van der Waals surface area (Å²) >= 11 is 0. The monoisotopic (exact) mass is 195 g/mol. The van der Waals surface area contributed by atoms with Gasteiger partial charge in [-0.1, -0.05) is 5.16 Å². The van der Waals surface area contributed by atoms with Gasteiger partial charge in [0.2, 0.25) is 5.91 Å². The third-order valence-electron chi connectivity index (χ3n) is 2.18. The molecule has 1 amide bonds. The number of aromatic nitrogens is 1. The van der Waals surface area contributed by atoms with E-state index in [-0.39, 0.29) is 5.91 Å². The fourth-order valence-electron chi connectivity index (χ4n) is 1.55. The van der Waals surface area contributed by atoms with Crippen LogP contribution in [0, 0.1) is 6.92 Å². The number of piperazine rings is 1. The number of hydrogen-bond acceptors (Lipinski definition) is 4. The summed E-state index contributed by atoms with van der Waals surface area (Å²) in [5.74, 6) is 0.887. The molecule has 0 unspecified atom stereocenters. The molecule has 1 N–H and O–H groups in total. The first-order valence-corrected chi connectivity index (χ1v) is 4.65. The van der Waals surface area contributed by atoms with Gasteiger partial charge in [0, 0.05) is 25.7 Å². The van der Waals surface area contributed by atoms with Crippen LogP contribution in [-0.2, 0) is 11.3 Å². The van der Waals surface area contributed by atoms with Crippen molar-refractivity contribution in [1.29, 1.82) is 0 Å². The lowest BCUT2D eigenvalue weighted by Gasteiger charge is -2.25. The lowest BCUT2D eigenvalue weighted by atomic mass is 10.3. The van der Waals surface area contributed by atoms with Gasteiger partial charge in [-0.3, -0.25) is 9.69 Å². The van der Waals surface area contributed by atoms with Gasteiger partial charge in [-0.05, 0) is 6.92 Å². The first kappa shape index (κ1) is 9.21. The maximum atomic E-state index is 11.1. The molecule has 1 fully saturated rings. The van der Waals surface area contributed by atoms with E-state index in [1.54, 1.807) is 0 Å². The van der Waals surface area contributed by atoms with Gasteiger partial charge in [0.25, 0.3) is 0 Å². The van der Waals surface area contributed by atoms with Gasteiger partial charge < -0.3 is 9.84 Å². The Hall–Kier alpha value is -1.36. The molecule has 76 valence electrons. The van der Waals surface area contributed by atoms with Gasteiger partial charge in [0.05, 0.1) is 12.2 Å². The van der Waals surface area contributed by atoms with Crippen LogP contribution in [0.15, 0.2) is 10.6 Å². The highest BCUT2D eigenvalue weighted by molar-refractivity contribution is 5.78. The molecule has 0 radical (unpaired) electrons. The van der Waals surface area contributed by atoms with Gasteiger partial charge in [0.15, 0.2) is 0 Å². The van der Waals surface area contributed by atoms with Crippen LogP contribution in [0.4, 0.5) is 0 Å². The molecule has 2 rings (SSSR count). The highest BCUT2D eigenvalue weighted by atomic mass is 16.5. The molecule has 5 nitrogen and oxygen atoms in total. The van der Waals surface area contributed by atoms with Gasteiger partial charge in [-0.15, -0.1) is 0 Å². The van der Waals surface area contributed by atoms with E-state index in [2.05, 4.69) is 15.4 Å². The summed E-state index contributed by atoms with van der Waals surface area (Å²) in [5, 5.41) is 6.67. The predicted molar refractivity (Wildman–Crippen MR) is 49.5 cm³/mol. The minimum absolute atomic E-state index is 0.0801. The smallest absolute Gasteiger partial charge is 0.234 e. The van der Waals surface area contributed by atoms with Crippen LogP contribution in [0.5, 0.6) is 0 Å². The molecule has 1 aliphatic heterocycles. The van der Waals surface area contributed by atoms with Crippen molar-refractivity contribution in [3.63, 3.8) is 0 Å². The van der Waals surface area contributed by atoms with E-state index in [0.29, 0.717) is 13.1 Å². The van der Waals surface area contributed by atoms with E-state index >= 15 is 0 Å². The SMILES string of the molecule is Cc1cc(CN2CCNC(=O)C2)no1. The number of carbonyl (C=O) groups excluding carboxylic acids is 1. The minimum atomic E-state index is 0.0801. The maximum Gasteiger partial charge on any atom is 0.234 e. The number of nitrogens with zero attached hydrogens (tertiary/aromatic N) is 2. The second-order valence-electron chi connectivity index (χ2n) is 3.49. The Morgan fingerprint density at radius 1 is 1.71 bits per heavy atom. The molecule has 0 spiro atoms. The second kappa shape index (κ2) is 3.79. The van der Waals surface area contributed by atoms with E-state index < -0.39 is 0 Å². The van der Waals surface area contributed by atoms with Crippen molar-refractivity contribution in [1.82, 2.24) is 15.4 Å². The fraction of sp³-hybridized carbons (Fsp3) is 0.556. The molecule has 1 aromatic heterocycles. The third kappa shape index (κ3) is 2.11. The van der Waals surface area contributed by atoms with Crippen molar-refractivity contribution in [3.05, 3.63) is 17.5 Å². The summed E-state index contributed by atoms with van der Waals surface area (Å²) in [6, 6.07) is 1.90. The summed E-state index contributed by atoms with van der Waals surface area (Å²) in [5.41, 5.74) is 0.886. The van der Waals surface area contributed by atoms with E-state index in [9.17, 15) is 4.79 Å². The quantitative estimate of drug-likeness (QED) is 0.716. The van der Waals surface area contributed by atoms with Crippen molar-refractivity contribution in [2.24, 2.45) is 0 Å². The maximum absolute atomic E-state index is 11.1. The molecule has 14 heavy (non-hydrogen) atoms. The van der Waals surface area contributed by atoms with Crippen molar-refractivity contribution in [3.8, 4) is 0 Å². The zero-order valence-electron chi connectivity index (χ0n) is 8.12. The summed E-state index contributed by atoms with van der Waals surface area (Å²) in [6.07, 6.45) is 0. The normalized spacial score (nSPS) is 18.2. The number of amides is 1. The molecule has 0 aliphatic carbocycles. The largest absolute Gasteiger partial charge is 0.361 e. The van der Waals surface area contributed by atoms with Crippen molar-refractivity contribution < 1.29 is 9.32 Å². The summed E-state index contributed by atoms with van der Waals surface area (Å²) in [4.78, 5) is 13.1. The van der Waals surface area contributed by atoms with E-state index in [4.69, 9.17) is 4.52 Å². The van der Waals surface area contributed by atoms with Crippen LogP contribution in [0.3, 0.4) is 0 Å².